The van der Waals surface area contributed by atoms with Gasteiger partial charge in [-0.15, -0.1) is 0 Å². The van der Waals surface area contributed by atoms with Crippen LogP contribution in [0.2, 0.25) is 0 Å². The van der Waals surface area contributed by atoms with Crippen LogP contribution in [0.3, 0.4) is 0 Å². The highest BCUT2D eigenvalue weighted by Crippen LogP contribution is 2.23. The molecule has 0 aliphatic heterocycles. The summed E-state index contributed by atoms with van der Waals surface area (Å²) in [4.78, 5) is 2.04. The minimum absolute atomic E-state index is 0.265. The third-order valence-corrected chi connectivity index (χ3v) is 3.10. The largest absolute Gasteiger partial charge is 0.491 e. The molecule has 0 bridgehead atoms. The molecule has 0 fully saturated rings. The molecule has 2 aromatic carbocycles. The van der Waals surface area contributed by atoms with Gasteiger partial charge in [0.15, 0.2) is 0 Å². The van der Waals surface area contributed by atoms with Crippen LogP contribution in [0.5, 0.6) is 5.75 Å². The second-order valence-corrected chi connectivity index (χ2v) is 5.07. The van der Waals surface area contributed by atoms with E-state index in [1.54, 1.807) is 0 Å². The van der Waals surface area contributed by atoms with E-state index < -0.39 is 6.10 Å². The van der Waals surface area contributed by atoms with E-state index >= 15 is 0 Å². The lowest BCUT2D eigenvalue weighted by Gasteiger charge is -2.20. The SMILES string of the molecule is CN(C)c1ccccc1NCC(O)COc1ccccc1. The molecule has 0 radical (unpaired) electrons. The maximum absolute atomic E-state index is 10.0. The molecule has 1 unspecified atom stereocenters. The van der Waals surface area contributed by atoms with Crippen molar-refractivity contribution in [2.45, 2.75) is 6.10 Å². The third-order valence-electron chi connectivity index (χ3n) is 3.10. The summed E-state index contributed by atoms with van der Waals surface area (Å²) in [6.07, 6.45) is -0.569. The number of aliphatic hydroxyl groups is 1. The highest BCUT2D eigenvalue weighted by Gasteiger charge is 2.08. The molecule has 2 N–H and O–H groups in total. The summed E-state index contributed by atoms with van der Waals surface area (Å²) in [7, 11) is 3.99. The van der Waals surface area contributed by atoms with Gasteiger partial charge in [-0.3, -0.25) is 0 Å². The normalized spacial score (nSPS) is 11.8. The molecule has 0 saturated carbocycles. The molecule has 112 valence electrons. The average molecular weight is 286 g/mol. The van der Waals surface area contributed by atoms with Gasteiger partial charge in [0.2, 0.25) is 0 Å². The Bertz CT molecular complexity index is 543. The zero-order valence-corrected chi connectivity index (χ0v) is 12.5. The van der Waals surface area contributed by atoms with E-state index in [0.29, 0.717) is 6.54 Å². The zero-order valence-electron chi connectivity index (χ0n) is 12.5. The van der Waals surface area contributed by atoms with Crippen molar-refractivity contribution in [2.24, 2.45) is 0 Å². The summed E-state index contributed by atoms with van der Waals surface area (Å²) in [6.45, 7) is 0.707. The molecule has 4 heteroatoms. The van der Waals surface area contributed by atoms with Crippen LogP contribution in [0.25, 0.3) is 0 Å². The summed E-state index contributed by atoms with van der Waals surface area (Å²) in [6, 6.07) is 17.5. The van der Waals surface area contributed by atoms with Gasteiger partial charge < -0.3 is 20.1 Å². The van der Waals surface area contributed by atoms with Crippen molar-refractivity contribution in [3.05, 3.63) is 54.6 Å². The van der Waals surface area contributed by atoms with Crippen molar-refractivity contribution in [3.8, 4) is 5.75 Å². The minimum atomic E-state index is -0.569. The molecule has 0 spiro atoms. The Kier molecular flexibility index (Phi) is 5.46. The lowest BCUT2D eigenvalue weighted by molar-refractivity contribution is 0.117. The molecule has 1 atom stereocenters. The fourth-order valence-electron chi connectivity index (χ4n) is 2.01. The number of nitrogens with zero attached hydrogens (tertiary/aromatic N) is 1. The Morgan fingerprint density at radius 3 is 2.43 bits per heavy atom. The van der Waals surface area contributed by atoms with Crippen LogP contribution >= 0.6 is 0 Å². The molecule has 2 aromatic rings. The molecule has 0 aliphatic carbocycles. The van der Waals surface area contributed by atoms with Crippen molar-refractivity contribution in [3.63, 3.8) is 0 Å². The topological polar surface area (TPSA) is 44.7 Å². The Hall–Kier alpha value is -2.20. The lowest BCUT2D eigenvalue weighted by atomic mass is 10.2. The number of benzene rings is 2. The summed E-state index contributed by atoms with van der Waals surface area (Å²) >= 11 is 0. The Morgan fingerprint density at radius 1 is 1.05 bits per heavy atom. The predicted octanol–water partition coefficient (Wildman–Crippen LogP) is 2.60. The Labute approximate surface area is 126 Å². The van der Waals surface area contributed by atoms with Gasteiger partial charge in [-0.1, -0.05) is 30.3 Å². The summed E-state index contributed by atoms with van der Waals surface area (Å²) in [5.41, 5.74) is 2.09. The molecule has 0 heterocycles. The van der Waals surface area contributed by atoms with E-state index in [1.807, 2.05) is 73.6 Å². The van der Waals surface area contributed by atoms with Gasteiger partial charge in [-0.05, 0) is 24.3 Å². The molecule has 0 aliphatic rings. The first kappa shape index (κ1) is 15.2. The van der Waals surface area contributed by atoms with Crippen molar-refractivity contribution < 1.29 is 9.84 Å². The number of ether oxygens (including phenoxy) is 1. The quantitative estimate of drug-likeness (QED) is 0.821. The van der Waals surface area contributed by atoms with Gasteiger partial charge in [0.1, 0.15) is 18.5 Å². The highest BCUT2D eigenvalue weighted by molar-refractivity contribution is 5.69. The second kappa shape index (κ2) is 7.55. The van der Waals surface area contributed by atoms with Gasteiger partial charge in [0, 0.05) is 20.6 Å². The number of anilines is 2. The molecule has 4 nitrogen and oxygen atoms in total. The second-order valence-electron chi connectivity index (χ2n) is 5.07. The van der Waals surface area contributed by atoms with E-state index in [0.717, 1.165) is 17.1 Å². The first-order valence-corrected chi connectivity index (χ1v) is 7.03. The van der Waals surface area contributed by atoms with E-state index in [1.165, 1.54) is 0 Å². The van der Waals surface area contributed by atoms with E-state index in [-0.39, 0.29) is 6.61 Å². The van der Waals surface area contributed by atoms with E-state index in [4.69, 9.17) is 4.74 Å². The third kappa shape index (κ3) is 4.68. The van der Waals surface area contributed by atoms with Gasteiger partial charge in [0.25, 0.3) is 0 Å². The van der Waals surface area contributed by atoms with Crippen LogP contribution in [-0.2, 0) is 0 Å². The first-order valence-electron chi connectivity index (χ1n) is 7.03. The van der Waals surface area contributed by atoms with Crippen LogP contribution in [0, 0.1) is 0 Å². The number of para-hydroxylation sites is 3. The van der Waals surface area contributed by atoms with Crippen molar-refractivity contribution in [1.29, 1.82) is 0 Å². The standard InChI is InChI=1S/C17H22N2O2/c1-19(2)17-11-7-6-10-16(17)18-12-14(20)13-21-15-8-4-3-5-9-15/h3-11,14,18,20H,12-13H2,1-2H3. The molecule has 2 rings (SSSR count). The monoisotopic (exact) mass is 286 g/mol. The molecule has 21 heavy (non-hydrogen) atoms. The van der Waals surface area contributed by atoms with Crippen LogP contribution in [0.15, 0.2) is 54.6 Å². The van der Waals surface area contributed by atoms with Gasteiger partial charge in [-0.2, -0.15) is 0 Å². The number of hydrogen-bond donors (Lipinski definition) is 2. The molecule has 0 amide bonds. The highest BCUT2D eigenvalue weighted by atomic mass is 16.5. The molecular weight excluding hydrogens is 264 g/mol. The van der Waals surface area contributed by atoms with Crippen LogP contribution in [-0.4, -0.2) is 38.5 Å². The fourth-order valence-corrected chi connectivity index (χ4v) is 2.01. The molecule has 0 saturated heterocycles. The maximum atomic E-state index is 10.0. The maximum Gasteiger partial charge on any atom is 0.119 e. The van der Waals surface area contributed by atoms with Crippen molar-refractivity contribution in [2.75, 3.05) is 37.5 Å². The number of hydrogen-bond acceptors (Lipinski definition) is 4. The molecular formula is C17H22N2O2. The first-order chi connectivity index (χ1) is 10.2. The molecule has 0 aromatic heterocycles. The van der Waals surface area contributed by atoms with E-state index in [2.05, 4.69) is 5.32 Å². The van der Waals surface area contributed by atoms with Crippen LogP contribution in [0.1, 0.15) is 0 Å². The summed E-state index contributed by atoms with van der Waals surface area (Å²) in [5.74, 6) is 0.769. The Morgan fingerprint density at radius 2 is 1.71 bits per heavy atom. The smallest absolute Gasteiger partial charge is 0.119 e. The van der Waals surface area contributed by atoms with Crippen molar-refractivity contribution in [1.82, 2.24) is 0 Å². The van der Waals surface area contributed by atoms with Crippen LogP contribution in [0.4, 0.5) is 11.4 Å². The van der Waals surface area contributed by atoms with E-state index in [9.17, 15) is 5.11 Å². The lowest BCUT2D eigenvalue weighted by Crippen LogP contribution is -2.27. The van der Waals surface area contributed by atoms with Crippen LogP contribution < -0.4 is 15.0 Å². The van der Waals surface area contributed by atoms with Gasteiger partial charge >= 0.3 is 0 Å². The number of rotatable bonds is 7. The average Bonchev–Trinajstić information content (AvgIpc) is 2.52. The Balaban J connectivity index is 1.83. The predicted molar refractivity (Wildman–Crippen MR) is 87.2 cm³/mol. The zero-order chi connectivity index (χ0) is 15.1. The minimum Gasteiger partial charge on any atom is -0.491 e. The summed E-state index contributed by atoms with van der Waals surface area (Å²) < 4.78 is 5.53. The fraction of sp³-hybridized carbons (Fsp3) is 0.294. The number of nitrogens with one attached hydrogen (secondary N) is 1. The number of aliphatic hydroxyl groups excluding tert-OH is 1. The van der Waals surface area contributed by atoms with Gasteiger partial charge in [-0.25, -0.2) is 0 Å². The van der Waals surface area contributed by atoms with Gasteiger partial charge in [0.05, 0.1) is 11.4 Å². The summed E-state index contributed by atoms with van der Waals surface area (Å²) in [5, 5.41) is 13.3. The van der Waals surface area contributed by atoms with Crippen molar-refractivity contribution >= 4 is 11.4 Å².